The second-order valence-corrected chi connectivity index (χ2v) is 6.33. The van der Waals surface area contributed by atoms with Gasteiger partial charge in [0.2, 0.25) is 0 Å². The van der Waals surface area contributed by atoms with Crippen molar-refractivity contribution in [2.75, 3.05) is 20.8 Å². The van der Waals surface area contributed by atoms with Crippen molar-refractivity contribution in [3.05, 3.63) is 58.4 Å². The van der Waals surface area contributed by atoms with Crippen LogP contribution in [0.15, 0.2) is 36.4 Å². The van der Waals surface area contributed by atoms with Gasteiger partial charge in [-0.1, -0.05) is 11.6 Å². The average Bonchev–Trinajstić information content (AvgIpc) is 3.10. The number of hydrogen-bond acceptors (Lipinski definition) is 3. The number of halogens is 2. The molecule has 0 aromatic heterocycles. The minimum Gasteiger partial charge on any atom is -0.497 e. The van der Waals surface area contributed by atoms with E-state index in [9.17, 15) is 9.18 Å². The van der Waals surface area contributed by atoms with Crippen molar-refractivity contribution >= 4 is 17.5 Å². The van der Waals surface area contributed by atoms with E-state index in [2.05, 4.69) is 0 Å². The fraction of sp³-hybridized carbons (Fsp3) is 0.316. The molecule has 0 saturated carbocycles. The number of benzene rings is 2. The molecule has 2 aromatic carbocycles. The van der Waals surface area contributed by atoms with Gasteiger partial charge in [0.05, 0.1) is 25.8 Å². The molecule has 0 N–H and O–H groups in total. The quantitative estimate of drug-likeness (QED) is 0.804. The van der Waals surface area contributed by atoms with Gasteiger partial charge in [-0.3, -0.25) is 4.79 Å². The lowest BCUT2D eigenvalue weighted by molar-refractivity contribution is 0.0729. The number of carbonyl (C=O) groups excluding carboxylic acids is 1. The topological polar surface area (TPSA) is 38.8 Å². The highest BCUT2D eigenvalue weighted by atomic mass is 35.5. The van der Waals surface area contributed by atoms with E-state index in [1.807, 2.05) is 12.1 Å². The molecule has 132 valence electrons. The molecular formula is C19H19ClFNO3. The minimum atomic E-state index is -0.607. The molecule has 2 aromatic rings. The highest BCUT2D eigenvalue weighted by molar-refractivity contribution is 6.30. The molecule has 0 radical (unpaired) electrons. The van der Waals surface area contributed by atoms with Crippen LogP contribution in [0.5, 0.6) is 11.5 Å². The fourth-order valence-electron chi connectivity index (χ4n) is 3.24. The Morgan fingerprint density at radius 3 is 2.68 bits per heavy atom. The third-order valence-electron chi connectivity index (χ3n) is 4.47. The van der Waals surface area contributed by atoms with Gasteiger partial charge in [0, 0.05) is 23.2 Å². The summed E-state index contributed by atoms with van der Waals surface area (Å²) in [7, 11) is 3.17. The maximum atomic E-state index is 14.2. The van der Waals surface area contributed by atoms with Crippen LogP contribution in [0.2, 0.25) is 5.02 Å². The summed E-state index contributed by atoms with van der Waals surface area (Å²) in [6.45, 7) is 0.570. The first kappa shape index (κ1) is 17.5. The van der Waals surface area contributed by atoms with Crippen LogP contribution in [0.4, 0.5) is 4.39 Å². The van der Waals surface area contributed by atoms with Crippen molar-refractivity contribution in [1.29, 1.82) is 0 Å². The molecule has 1 fully saturated rings. The van der Waals surface area contributed by atoms with E-state index < -0.39 is 5.82 Å². The molecular weight excluding hydrogens is 345 g/mol. The predicted octanol–water partition coefficient (Wildman–Crippen LogP) is 4.47. The summed E-state index contributed by atoms with van der Waals surface area (Å²) in [6, 6.07) is 9.47. The number of amides is 1. The second kappa shape index (κ2) is 7.31. The number of ether oxygens (including phenoxy) is 2. The van der Waals surface area contributed by atoms with Crippen molar-refractivity contribution in [3.8, 4) is 11.5 Å². The summed E-state index contributed by atoms with van der Waals surface area (Å²) in [6.07, 6.45) is 1.64. The molecule has 0 aliphatic carbocycles. The Kier molecular flexibility index (Phi) is 5.13. The van der Waals surface area contributed by atoms with Crippen molar-refractivity contribution in [2.45, 2.75) is 18.9 Å². The molecule has 1 aliphatic heterocycles. The predicted molar refractivity (Wildman–Crippen MR) is 94.0 cm³/mol. The maximum Gasteiger partial charge on any atom is 0.257 e. The maximum absolute atomic E-state index is 14.2. The highest BCUT2D eigenvalue weighted by Crippen LogP contribution is 2.39. The molecule has 0 bridgehead atoms. The Balaban J connectivity index is 1.94. The standard InChI is InChI=1S/C19H19ClFNO3/c1-24-13-6-8-15(18(11-13)25-2)17-4-3-9-22(17)19(23)14-7-5-12(20)10-16(14)21/h5-8,10-11,17H,3-4,9H2,1-2H3. The fourth-order valence-corrected chi connectivity index (χ4v) is 3.40. The number of carbonyl (C=O) groups is 1. The molecule has 1 amide bonds. The Hall–Kier alpha value is -2.27. The third kappa shape index (κ3) is 3.42. The van der Waals surface area contributed by atoms with Crippen LogP contribution < -0.4 is 9.47 Å². The first-order valence-corrected chi connectivity index (χ1v) is 8.41. The van der Waals surface area contributed by atoms with Crippen molar-refractivity contribution < 1.29 is 18.7 Å². The summed E-state index contributed by atoms with van der Waals surface area (Å²) >= 11 is 5.78. The van der Waals surface area contributed by atoms with E-state index in [1.54, 1.807) is 25.2 Å². The van der Waals surface area contributed by atoms with Gasteiger partial charge in [0.15, 0.2) is 0 Å². The summed E-state index contributed by atoms with van der Waals surface area (Å²) < 4.78 is 24.8. The molecule has 4 nitrogen and oxygen atoms in total. The lowest BCUT2D eigenvalue weighted by Crippen LogP contribution is -2.31. The first-order chi connectivity index (χ1) is 12.0. The summed E-state index contributed by atoms with van der Waals surface area (Å²) in [5.74, 6) is 0.389. The first-order valence-electron chi connectivity index (χ1n) is 8.03. The van der Waals surface area contributed by atoms with Gasteiger partial charge >= 0.3 is 0 Å². The van der Waals surface area contributed by atoms with Crippen LogP contribution >= 0.6 is 11.6 Å². The Bertz CT molecular complexity index is 796. The molecule has 0 spiro atoms. The van der Waals surface area contributed by atoms with Gasteiger partial charge in [0.1, 0.15) is 17.3 Å². The van der Waals surface area contributed by atoms with Crippen LogP contribution in [0.1, 0.15) is 34.8 Å². The third-order valence-corrected chi connectivity index (χ3v) is 4.71. The van der Waals surface area contributed by atoms with Crippen LogP contribution in [0, 0.1) is 5.82 Å². The van der Waals surface area contributed by atoms with E-state index >= 15 is 0 Å². The highest BCUT2D eigenvalue weighted by Gasteiger charge is 2.33. The van der Waals surface area contributed by atoms with Crippen molar-refractivity contribution in [2.24, 2.45) is 0 Å². The molecule has 1 unspecified atom stereocenters. The molecule has 1 aliphatic rings. The number of rotatable bonds is 4. The lowest BCUT2D eigenvalue weighted by atomic mass is 10.0. The van der Waals surface area contributed by atoms with Gasteiger partial charge in [-0.2, -0.15) is 0 Å². The lowest BCUT2D eigenvalue weighted by Gasteiger charge is -2.27. The minimum absolute atomic E-state index is 0.0313. The Morgan fingerprint density at radius 2 is 2.00 bits per heavy atom. The van der Waals surface area contributed by atoms with Gasteiger partial charge in [-0.05, 0) is 43.2 Å². The Labute approximate surface area is 151 Å². The number of nitrogens with zero attached hydrogens (tertiary/aromatic N) is 1. The molecule has 25 heavy (non-hydrogen) atoms. The van der Waals surface area contributed by atoms with Gasteiger partial charge in [0.25, 0.3) is 5.91 Å². The van der Waals surface area contributed by atoms with E-state index in [1.165, 1.54) is 12.1 Å². The zero-order chi connectivity index (χ0) is 18.0. The normalized spacial score (nSPS) is 16.8. The summed E-state index contributed by atoms with van der Waals surface area (Å²) in [5, 5.41) is 0.267. The van der Waals surface area contributed by atoms with E-state index in [0.29, 0.717) is 18.0 Å². The summed E-state index contributed by atoms with van der Waals surface area (Å²) in [4.78, 5) is 14.6. The summed E-state index contributed by atoms with van der Waals surface area (Å²) in [5.41, 5.74) is 0.923. The van der Waals surface area contributed by atoms with E-state index in [-0.39, 0.29) is 22.5 Å². The van der Waals surface area contributed by atoms with Gasteiger partial charge in [-0.25, -0.2) is 4.39 Å². The molecule has 6 heteroatoms. The van der Waals surface area contributed by atoms with Crippen LogP contribution in [0.25, 0.3) is 0 Å². The molecule has 1 saturated heterocycles. The van der Waals surface area contributed by atoms with E-state index in [0.717, 1.165) is 24.5 Å². The number of likely N-dealkylation sites (tertiary alicyclic amines) is 1. The average molecular weight is 364 g/mol. The molecule has 3 rings (SSSR count). The number of hydrogen-bond donors (Lipinski definition) is 0. The van der Waals surface area contributed by atoms with Crippen LogP contribution in [-0.4, -0.2) is 31.6 Å². The van der Waals surface area contributed by atoms with Gasteiger partial charge in [-0.15, -0.1) is 0 Å². The van der Waals surface area contributed by atoms with Crippen LogP contribution in [-0.2, 0) is 0 Å². The van der Waals surface area contributed by atoms with Crippen LogP contribution in [0.3, 0.4) is 0 Å². The smallest absolute Gasteiger partial charge is 0.257 e. The number of methoxy groups -OCH3 is 2. The van der Waals surface area contributed by atoms with Gasteiger partial charge < -0.3 is 14.4 Å². The van der Waals surface area contributed by atoms with Crippen molar-refractivity contribution in [3.63, 3.8) is 0 Å². The zero-order valence-corrected chi connectivity index (χ0v) is 14.8. The van der Waals surface area contributed by atoms with Crippen molar-refractivity contribution in [1.82, 2.24) is 4.90 Å². The monoisotopic (exact) mass is 363 g/mol. The zero-order valence-electron chi connectivity index (χ0n) is 14.1. The second-order valence-electron chi connectivity index (χ2n) is 5.89. The molecule has 1 atom stereocenters. The van der Waals surface area contributed by atoms with E-state index in [4.69, 9.17) is 21.1 Å². The Morgan fingerprint density at radius 1 is 1.20 bits per heavy atom. The SMILES string of the molecule is COc1ccc(C2CCCN2C(=O)c2ccc(Cl)cc2F)c(OC)c1. The largest absolute Gasteiger partial charge is 0.497 e. The molecule has 1 heterocycles.